The van der Waals surface area contributed by atoms with Gasteiger partial charge in [0, 0.05) is 13.7 Å². The number of hydrogen-bond acceptors (Lipinski definition) is 1. The molecule has 0 radical (unpaired) electrons. The second-order valence-corrected chi connectivity index (χ2v) is 1.35. The molecule has 0 aromatic rings. The van der Waals surface area contributed by atoms with Crippen LogP contribution in [-0.4, -0.2) is 13.7 Å². The molecule has 0 aliphatic rings. The second-order valence-electron chi connectivity index (χ2n) is 1.35. The minimum Gasteiger partial charge on any atom is -0.385 e. The first-order valence-electron chi connectivity index (χ1n) is 2.40. The first-order chi connectivity index (χ1) is 2.91. The van der Waals surface area contributed by atoms with Gasteiger partial charge in [-0.05, 0) is 6.42 Å². The van der Waals surface area contributed by atoms with Crippen LogP contribution in [0.25, 0.3) is 0 Å². The summed E-state index contributed by atoms with van der Waals surface area (Å²) in [6.07, 6.45) is 2.42. The zero-order chi connectivity index (χ0) is 4.83. The lowest BCUT2D eigenvalue weighted by atomic mass is 10.4. The van der Waals surface area contributed by atoms with Crippen LogP contribution >= 0.6 is 0 Å². The molecule has 0 aliphatic carbocycles. The summed E-state index contributed by atoms with van der Waals surface area (Å²) >= 11 is 0. The number of rotatable bonds is 3. The highest BCUT2D eigenvalue weighted by atomic mass is 19.0. The minimum absolute atomic E-state index is 0. The molecular formula is C5H13FO. The molecule has 0 rings (SSSR count). The maximum Gasteiger partial charge on any atom is 0.0462 e. The largest absolute Gasteiger partial charge is 0.385 e. The fourth-order valence-electron chi connectivity index (χ4n) is 0.289. The van der Waals surface area contributed by atoms with Gasteiger partial charge in [-0.1, -0.05) is 13.3 Å². The number of methoxy groups -OCH3 is 1. The molecule has 0 spiro atoms. The van der Waals surface area contributed by atoms with Gasteiger partial charge < -0.3 is 4.74 Å². The zero-order valence-electron chi connectivity index (χ0n) is 4.94. The Bertz CT molecular complexity index is 20.0. The quantitative estimate of drug-likeness (QED) is 0.499. The SMILES string of the molecule is CCCCOC.F. The van der Waals surface area contributed by atoms with Gasteiger partial charge in [0.05, 0.1) is 0 Å². The van der Waals surface area contributed by atoms with Gasteiger partial charge in [0.15, 0.2) is 0 Å². The van der Waals surface area contributed by atoms with E-state index in [1.54, 1.807) is 7.11 Å². The van der Waals surface area contributed by atoms with Crippen LogP contribution < -0.4 is 0 Å². The summed E-state index contributed by atoms with van der Waals surface area (Å²) in [5.74, 6) is 0. The topological polar surface area (TPSA) is 9.23 Å². The predicted molar refractivity (Wildman–Crippen MR) is 29.3 cm³/mol. The summed E-state index contributed by atoms with van der Waals surface area (Å²) in [6, 6.07) is 0. The van der Waals surface area contributed by atoms with Crippen LogP contribution in [0, 0.1) is 0 Å². The first-order valence-corrected chi connectivity index (χ1v) is 2.40. The first kappa shape index (κ1) is 10.00. The lowest BCUT2D eigenvalue weighted by Gasteiger charge is -1.89. The molecule has 0 atom stereocenters. The smallest absolute Gasteiger partial charge is 0.0462 e. The average Bonchev–Trinajstić information content (AvgIpc) is 1.61. The molecule has 0 heterocycles. The van der Waals surface area contributed by atoms with Crippen molar-refractivity contribution in [1.29, 1.82) is 0 Å². The van der Waals surface area contributed by atoms with E-state index in [0.717, 1.165) is 6.61 Å². The Morgan fingerprint density at radius 1 is 1.43 bits per heavy atom. The Morgan fingerprint density at radius 2 is 2.00 bits per heavy atom. The molecule has 2 heteroatoms. The summed E-state index contributed by atoms with van der Waals surface area (Å²) in [5.41, 5.74) is 0. The number of ether oxygens (including phenoxy) is 1. The Labute approximate surface area is 44.0 Å². The van der Waals surface area contributed by atoms with Gasteiger partial charge in [-0.25, -0.2) is 0 Å². The van der Waals surface area contributed by atoms with Gasteiger partial charge in [-0.3, -0.25) is 4.70 Å². The van der Waals surface area contributed by atoms with Crippen LogP contribution in [0.4, 0.5) is 4.70 Å². The molecule has 0 bridgehead atoms. The van der Waals surface area contributed by atoms with E-state index in [-0.39, 0.29) is 4.70 Å². The molecular weight excluding hydrogens is 95.1 g/mol. The monoisotopic (exact) mass is 108 g/mol. The third-order valence-electron chi connectivity index (χ3n) is 0.702. The van der Waals surface area contributed by atoms with Crippen molar-refractivity contribution in [2.45, 2.75) is 19.8 Å². The van der Waals surface area contributed by atoms with E-state index in [0.29, 0.717) is 0 Å². The van der Waals surface area contributed by atoms with Gasteiger partial charge in [0.2, 0.25) is 0 Å². The van der Waals surface area contributed by atoms with E-state index < -0.39 is 0 Å². The summed E-state index contributed by atoms with van der Waals surface area (Å²) in [6.45, 7) is 3.07. The molecule has 7 heavy (non-hydrogen) atoms. The van der Waals surface area contributed by atoms with Crippen molar-refractivity contribution in [3.63, 3.8) is 0 Å². The highest BCUT2D eigenvalue weighted by Crippen LogP contribution is 1.83. The van der Waals surface area contributed by atoms with Crippen molar-refractivity contribution < 1.29 is 9.44 Å². The van der Waals surface area contributed by atoms with Gasteiger partial charge >= 0.3 is 0 Å². The third kappa shape index (κ3) is 10.7. The Morgan fingerprint density at radius 3 is 2.14 bits per heavy atom. The lowest BCUT2D eigenvalue weighted by Crippen LogP contribution is -1.84. The lowest BCUT2D eigenvalue weighted by molar-refractivity contribution is 0.194. The van der Waals surface area contributed by atoms with Crippen LogP contribution in [0.2, 0.25) is 0 Å². The molecule has 0 aliphatic heterocycles. The third-order valence-corrected chi connectivity index (χ3v) is 0.702. The average molecular weight is 108 g/mol. The fourth-order valence-corrected chi connectivity index (χ4v) is 0.289. The van der Waals surface area contributed by atoms with Gasteiger partial charge in [-0.2, -0.15) is 0 Å². The normalized spacial score (nSPS) is 7.71. The van der Waals surface area contributed by atoms with Gasteiger partial charge in [0.25, 0.3) is 0 Å². The van der Waals surface area contributed by atoms with E-state index >= 15 is 0 Å². The van der Waals surface area contributed by atoms with Crippen molar-refractivity contribution in [1.82, 2.24) is 0 Å². The number of halogens is 1. The highest BCUT2D eigenvalue weighted by Gasteiger charge is 1.74. The summed E-state index contributed by atoms with van der Waals surface area (Å²) < 4.78 is 4.78. The van der Waals surface area contributed by atoms with Crippen molar-refractivity contribution in [3.8, 4) is 0 Å². The van der Waals surface area contributed by atoms with Crippen molar-refractivity contribution >= 4 is 0 Å². The summed E-state index contributed by atoms with van der Waals surface area (Å²) in [5, 5.41) is 0. The van der Waals surface area contributed by atoms with Crippen molar-refractivity contribution in [2.24, 2.45) is 0 Å². The standard InChI is InChI=1S/C5H12O.FH/c1-3-4-5-6-2;/h3-5H2,1-2H3;1H. The molecule has 0 amide bonds. The van der Waals surface area contributed by atoms with Crippen LogP contribution in [0.5, 0.6) is 0 Å². The van der Waals surface area contributed by atoms with E-state index in [2.05, 4.69) is 6.92 Å². The second kappa shape index (κ2) is 9.31. The molecule has 0 unspecified atom stereocenters. The maximum absolute atomic E-state index is 4.78. The summed E-state index contributed by atoms with van der Waals surface area (Å²) in [7, 11) is 1.73. The van der Waals surface area contributed by atoms with E-state index in [4.69, 9.17) is 4.74 Å². The molecule has 0 aromatic carbocycles. The summed E-state index contributed by atoms with van der Waals surface area (Å²) in [4.78, 5) is 0. The van der Waals surface area contributed by atoms with Crippen LogP contribution in [0.3, 0.4) is 0 Å². The van der Waals surface area contributed by atoms with Gasteiger partial charge in [-0.15, -0.1) is 0 Å². The molecule has 0 saturated carbocycles. The molecule has 0 N–H and O–H groups in total. The van der Waals surface area contributed by atoms with Crippen molar-refractivity contribution in [2.75, 3.05) is 13.7 Å². The molecule has 46 valence electrons. The fraction of sp³-hybridized carbons (Fsp3) is 1.00. The Kier molecular flexibility index (Phi) is 13.3. The zero-order valence-corrected chi connectivity index (χ0v) is 4.94. The Balaban J connectivity index is 0. The van der Waals surface area contributed by atoms with Crippen LogP contribution in [0.15, 0.2) is 0 Å². The Hall–Kier alpha value is -0.110. The molecule has 1 nitrogen and oxygen atoms in total. The molecule has 0 aromatic heterocycles. The molecule has 0 saturated heterocycles. The van der Waals surface area contributed by atoms with Crippen LogP contribution in [-0.2, 0) is 4.74 Å². The van der Waals surface area contributed by atoms with Gasteiger partial charge in [0.1, 0.15) is 0 Å². The number of unbranched alkanes of at least 4 members (excludes halogenated alkanes) is 1. The van der Waals surface area contributed by atoms with E-state index in [9.17, 15) is 0 Å². The van der Waals surface area contributed by atoms with Crippen LogP contribution in [0.1, 0.15) is 19.8 Å². The van der Waals surface area contributed by atoms with Crippen molar-refractivity contribution in [3.05, 3.63) is 0 Å². The maximum atomic E-state index is 4.78. The minimum atomic E-state index is 0. The number of hydrogen-bond donors (Lipinski definition) is 0. The van der Waals surface area contributed by atoms with E-state index in [1.165, 1.54) is 12.8 Å². The predicted octanol–water partition coefficient (Wildman–Crippen LogP) is 1.59. The van der Waals surface area contributed by atoms with E-state index in [1.807, 2.05) is 0 Å². The highest BCUT2D eigenvalue weighted by molar-refractivity contribution is 4.26. The molecule has 0 fully saturated rings.